The van der Waals surface area contributed by atoms with Gasteiger partial charge in [-0.2, -0.15) is 0 Å². The summed E-state index contributed by atoms with van der Waals surface area (Å²) in [6.07, 6.45) is 42.1. The van der Waals surface area contributed by atoms with Crippen LogP contribution in [0, 0.1) is 27.7 Å². The highest BCUT2D eigenvalue weighted by atomic mass is 14.8. The summed E-state index contributed by atoms with van der Waals surface area (Å²) < 4.78 is 0. The van der Waals surface area contributed by atoms with E-state index in [0.717, 1.165) is 32.1 Å². The lowest BCUT2D eigenvalue weighted by Crippen LogP contribution is -2.00. The largest absolute Gasteiger partial charge is 0.361 e. The Morgan fingerprint density at radius 2 is 1.28 bits per heavy atom. The molecule has 1 aliphatic heterocycles. The summed E-state index contributed by atoms with van der Waals surface area (Å²) >= 11 is 0. The fraction of sp³-hybridized carbons (Fsp3) is 0.284. The lowest BCUT2D eigenvalue weighted by molar-refractivity contribution is 0.859. The topological polar surface area (TPSA) is 12.0 Å². The number of aryl methyl sites for hydroxylation is 4. The van der Waals surface area contributed by atoms with Gasteiger partial charge in [-0.1, -0.05) is 222 Å². The van der Waals surface area contributed by atoms with Crippen LogP contribution in [-0.2, 0) is 0 Å². The summed E-state index contributed by atoms with van der Waals surface area (Å²) in [6.45, 7) is 26.9. The summed E-state index contributed by atoms with van der Waals surface area (Å²) in [5, 5.41) is 3.57. The molecule has 0 saturated heterocycles. The maximum absolute atomic E-state index is 3.97. The second-order valence-corrected chi connectivity index (χ2v) is 17.1. The molecule has 0 spiro atoms. The lowest BCUT2D eigenvalue weighted by atomic mass is 9.85. The summed E-state index contributed by atoms with van der Waals surface area (Å²) in [4.78, 5) is 0. The molecule has 0 unspecified atom stereocenters. The SMILES string of the molecule is C/C=C\c1c(C)cccc1C.C=C/C=C(\C=C/C)C(=C1\C2=C(C=CCC2)c2ccc(C)cc21)/c1ccccc1.CC.CC.CCC\C=C/C1=C\Nc2ccc(C)cc2C2=C(CCC=C2)CC/C=C\1. The van der Waals surface area contributed by atoms with E-state index in [1.54, 1.807) is 5.57 Å². The first-order chi connectivity index (χ1) is 33.3. The molecule has 4 aromatic carbocycles. The molecule has 0 saturated carbocycles. The van der Waals surface area contributed by atoms with Gasteiger partial charge in [-0.15, -0.1) is 0 Å². The second-order valence-electron chi connectivity index (χ2n) is 17.1. The summed E-state index contributed by atoms with van der Waals surface area (Å²) in [6, 6.07) is 30.7. The van der Waals surface area contributed by atoms with Crippen LogP contribution in [0.15, 0.2) is 199 Å². The van der Waals surface area contributed by atoms with Gasteiger partial charge in [0.15, 0.2) is 0 Å². The highest BCUT2D eigenvalue weighted by Gasteiger charge is 2.29. The van der Waals surface area contributed by atoms with Gasteiger partial charge >= 0.3 is 0 Å². The average Bonchev–Trinajstić information content (AvgIpc) is 3.67. The first-order valence-electron chi connectivity index (χ1n) is 25.5. The van der Waals surface area contributed by atoms with Gasteiger partial charge in [0, 0.05) is 17.5 Å². The fourth-order valence-electron chi connectivity index (χ4n) is 9.00. The Bertz CT molecular complexity index is 2610. The molecule has 0 fully saturated rings. The molecule has 4 aliphatic rings. The van der Waals surface area contributed by atoms with E-state index < -0.39 is 0 Å². The van der Waals surface area contributed by atoms with Crippen LogP contribution >= 0.6 is 0 Å². The molecule has 0 atom stereocenters. The zero-order valence-electron chi connectivity index (χ0n) is 43.6. The van der Waals surface area contributed by atoms with Crippen molar-refractivity contribution in [3.05, 3.63) is 249 Å². The molecule has 1 heterocycles. The monoisotopic (exact) mass is 900 g/mol. The van der Waals surface area contributed by atoms with Crippen LogP contribution in [-0.4, -0.2) is 0 Å². The maximum atomic E-state index is 3.97. The number of allylic oxidation sites excluding steroid dienone is 21. The molecular formula is C67H81N. The predicted octanol–water partition coefficient (Wildman–Crippen LogP) is 20.2. The molecule has 1 N–H and O–H groups in total. The third-order valence-electron chi connectivity index (χ3n) is 12.2. The van der Waals surface area contributed by atoms with Crippen molar-refractivity contribution in [2.45, 2.75) is 128 Å². The van der Waals surface area contributed by atoms with Crippen molar-refractivity contribution in [3.63, 3.8) is 0 Å². The standard InChI is InChI=1S/C28H26.C24H29N.C11H14.2C2H6/c1-4-11-21(12-5-2)27(22-13-7-6-8-14-22)28-25-16-10-9-15-23(25)24-18-17-20(3)19-26(24)28;1-3-4-5-10-20-11-6-7-12-21-13-8-9-14-22(21)23-17-19(2)15-16-24(23)25-18-20;1-4-6-11-9(2)7-5-8-10(11)3;2*1-2/h4-9,11-15,17-19H,1,10,16H2,2-3H3;5-6,9-11,14-18,25H,3-4,7-8,12-13H2,1-2H3;4-8H,1-3H3;2*1-2H3/b12-5-,21-11+,28-27-;10-5-,11-6-,20-18+;6-4-;;. The molecule has 1 nitrogen and oxygen atoms in total. The molecule has 0 amide bonds. The molecule has 3 aliphatic carbocycles. The van der Waals surface area contributed by atoms with Crippen LogP contribution in [0.3, 0.4) is 0 Å². The van der Waals surface area contributed by atoms with Crippen LogP contribution in [0.2, 0.25) is 0 Å². The number of unbranched alkanes of at least 4 members (excludes halogenated alkanes) is 1. The molecule has 4 aromatic rings. The molecule has 0 aromatic heterocycles. The van der Waals surface area contributed by atoms with E-state index >= 15 is 0 Å². The Morgan fingerprint density at radius 1 is 0.647 bits per heavy atom. The molecule has 0 bridgehead atoms. The fourth-order valence-corrected chi connectivity index (χ4v) is 9.00. The second kappa shape index (κ2) is 29.3. The Labute approximate surface area is 414 Å². The normalized spacial score (nSPS) is 16.9. The van der Waals surface area contributed by atoms with Crippen molar-refractivity contribution < 1.29 is 0 Å². The van der Waals surface area contributed by atoms with Gasteiger partial charge in [-0.3, -0.25) is 0 Å². The zero-order valence-corrected chi connectivity index (χ0v) is 43.6. The van der Waals surface area contributed by atoms with E-state index in [1.807, 2.05) is 40.7 Å². The Kier molecular flexibility index (Phi) is 23.4. The summed E-state index contributed by atoms with van der Waals surface area (Å²) in [7, 11) is 0. The number of hydrogen-bond acceptors (Lipinski definition) is 1. The summed E-state index contributed by atoms with van der Waals surface area (Å²) in [5.74, 6) is 0. The van der Waals surface area contributed by atoms with Gasteiger partial charge in [-0.25, -0.2) is 0 Å². The third-order valence-corrected chi connectivity index (χ3v) is 12.2. The van der Waals surface area contributed by atoms with Gasteiger partial charge in [0.25, 0.3) is 0 Å². The Hall–Kier alpha value is -6.44. The average molecular weight is 900 g/mol. The van der Waals surface area contributed by atoms with E-state index in [1.165, 1.54) is 114 Å². The van der Waals surface area contributed by atoms with Crippen LogP contribution in [0.1, 0.15) is 150 Å². The van der Waals surface area contributed by atoms with E-state index in [0.29, 0.717) is 0 Å². The molecule has 1 heteroatoms. The first kappa shape index (κ1) is 54.2. The molecule has 8 rings (SSSR count). The van der Waals surface area contributed by atoms with Crippen molar-refractivity contribution in [1.29, 1.82) is 0 Å². The third kappa shape index (κ3) is 14.8. The Balaban J connectivity index is 0.000000231. The first-order valence-corrected chi connectivity index (χ1v) is 25.5. The minimum atomic E-state index is 1.09. The van der Waals surface area contributed by atoms with Gasteiger partial charge in [0.05, 0.1) is 0 Å². The van der Waals surface area contributed by atoms with Gasteiger partial charge in [-0.05, 0) is 171 Å². The van der Waals surface area contributed by atoms with Crippen molar-refractivity contribution in [3.8, 4) is 0 Å². The van der Waals surface area contributed by atoms with E-state index in [9.17, 15) is 0 Å². The van der Waals surface area contributed by atoms with E-state index in [2.05, 4.69) is 224 Å². The van der Waals surface area contributed by atoms with Gasteiger partial charge < -0.3 is 5.32 Å². The van der Waals surface area contributed by atoms with Crippen molar-refractivity contribution in [1.82, 2.24) is 0 Å². The predicted molar refractivity (Wildman–Crippen MR) is 307 cm³/mol. The summed E-state index contributed by atoms with van der Waals surface area (Å²) in [5.41, 5.74) is 24.2. The molecular weight excluding hydrogens is 819 g/mol. The lowest BCUT2D eigenvalue weighted by Gasteiger charge is -2.19. The highest BCUT2D eigenvalue weighted by molar-refractivity contribution is 6.15. The van der Waals surface area contributed by atoms with Crippen LogP contribution < -0.4 is 5.32 Å². The minimum absolute atomic E-state index is 1.09. The van der Waals surface area contributed by atoms with Crippen LogP contribution in [0.5, 0.6) is 0 Å². The number of rotatable bonds is 8. The minimum Gasteiger partial charge on any atom is -0.361 e. The Morgan fingerprint density at radius 3 is 1.93 bits per heavy atom. The number of anilines is 1. The van der Waals surface area contributed by atoms with Crippen molar-refractivity contribution in [2.75, 3.05) is 5.32 Å². The molecule has 0 radical (unpaired) electrons. The quantitative estimate of drug-likeness (QED) is 0.174. The van der Waals surface area contributed by atoms with E-state index in [4.69, 9.17) is 0 Å². The number of hydrogen-bond donors (Lipinski definition) is 1. The molecule has 354 valence electrons. The zero-order chi connectivity index (χ0) is 49.3. The van der Waals surface area contributed by atoms with Crippen LogP contribution in [0.25, 0.3) is 28.4 Å². The van der Waals surface area contributed by atoms with Crippen LogP contribution in [0.4, 0.5) is 5.69 Å². The van der Waals surface area contributed by atoms with Gasteiger partial charge in [0.2, 0.25) is 0 Å². The van der Waals surface area contributed by atoms with Crippen molar-refractivity contribution >= 4 is 34.1 Å². The number of benzene rings is 4. The van der Waals surface area contributed by atoms with E-state index in [-0.39, 0.29) is 0 Å². The smallest absolute Gasteiger partial charge is 0.0459 e. The highest BCUT2D eigenvalue weighted by Crippen LogP contribution is 2.50. The maximum Gasteiger partial charge on any atom is 0.0459 e. The number of fused-ring (bicyclic) bond motifs is 4. The molecule has 68 heavy (non-hydrogen) atoms. The van der Waals surface area contributed by atoms with Gasteiger partial charge in [0.1, 0.15) is 0 Å². The number of nitrogens with one attached hydrogen (secondary N) is 1. The van der Waals surface area contributed by atoms with Crippen molar-refractivity contribution in [2.24, 2.45) is 0 Å².